The van der Waals surface area contributed by atoms with Crippen molar-refractivity contribution in [1.29, 1.82) is 0 Å². The zero-order valence-electron chi connectivity index (χ0n) is 13.3. The molecule has 122 valence electrons. The summed E-state index contributed by atoms with van der Waals surface area (Å²) in [6.45, 7) is 2.42. The molecular formula is C15H23N3O4. The molecule has 1 aromatic rings. The largest absolute Gasteiger partial charge is 0.383 e. The smallest absolute Gasteiger partial charge is 0.269 e. The molecule has 0 aromatic heterocycles. The van der Waals surface area contributed by atoms with Gasteiger partial charge in [0.05, 0.1) is 18.0 Å². The predicted octanol–water partition coefficient (Wildman–Crippen LogP) is 1.17. The third-order valence-corrected chi connectivity index (χ3v) is 3.24. The van der Waals surface area contributed by atoms with Crippen LogP contribution in [-0.2, 0) is 16.0 Å². The predicted molar refractivity (Wildman–Crippen MR) is 83.8 cm³/mol. The van der Waals surface area contributed by atoms with E-state index in [1.54, 1.807) is 24.1 Å². The highest BCUT2D eigenvalue weighted by molar-refractivity contribution is 5.78. The quantitative estimate of drug-likeness (QED) is 0.505. The van der Waals surface area contributed by atoms with E-state index in [1.165, 1.54) is 12.1 Å². The van der Waals surface area contributed by atoms with Gasteiger partial charge in [0.15, 0.2) is 0 Å². The van der Waals surface area contributed by atoms with Crippen molar-refractivity contribution in [2.45, 2.75) is 6.42 Å². The number of nitro benzene ring substituents is 1. The van der Waals surface area contributed by atoms with Crippen LogP contribution in [0.15, 0.2) is 24.3 Å². The van der Waals surface area contributed by atoms with Crippen molar-refractivity contribution >= 4 is 11.6 Å². The van der Waals surface area contributed by atoms with Gasteiger partial charge in [-0.1, -0.05) is 12.1 Å². The van der Waals surface area contributed by atoms with Gasteiger partial charge >= 0.3 is 0 Å². The van der Waals surface area contributed by atoms with Gasteiger partial charge in [-0.15, -0.1) is 0 Å². The molecule has 7 nitrogen and oxygen atoms in total. The Morgan fingerprint density at radius 3 is 2.32 bits per heavy atom. The van der Waals surface area contributed by atoms with Crippen molar-refractivity contribution in [3.63, 3.8) is 0 Å². The summed E-state index contributed by atoms with van der Waals surface area (Å²) in [4.78, 5) is 26.3. The number of rotatable bonds is 9. The molecule has 0 bridgehead atoms. The highest BCUT2D eigenvalue weighted by Gasteiger charge is 2.14. The molecule has 22 heavy (non-hydrogen) atoms. The number of non-ortho nitro benzene ring substituents is 1. The topological polar surface area (TPSA) is 75.9 Å². The lowest BCUT2D eigenvalue weighted by Gasteiger charge is -2.24. The first-order valence-corrected chi connectivity index (χ1v) is 7.08. The highest BCUT2D eigenvalue weighted by Crippen LogP contribution is 2.13. The molecule has 7 heteroatoms. The number of carbonyl (C=O) groups is 1. The van der Waals surface area contributed by atoms with Crippen molar-refractivity contribution in [2.75, 3.05) is 47.4 Å². The Labute approximate surface area is 130 Å². The van der Waals surface area contributed by atoms with E-state index in [0.29, 0.717) is 19.7 Å². The maximum Gasteiger partial charge on any atom is 0.269 e. The lowest BCUT2D eigenvalue weighted by Crippen LogP contribution is -2.39. The molecule has 0 saturated carbocycles. The summed E-state index contributed by atoms with van der Waals surface area (Å²) >= 11 is 0. The van der Waals surface area contributed by atoms with Crippen LogP contribution in [0.5, 0.6) is 0 Å². The minimum atomic E-state index is -0.451. The number of nitro groups is 1. The maximum atomic E-state index is 12.4. The number of ether oxygens (including phenoxy) is 1. The Morgan fingerprint density at radius 2 is 1.82 bits per heavy atom. The first-order valence-electron chi connectivity index (χ1n) is 7.08. The van der Waals surface area contributed by atoms with Gasteiger partial charge in [-0.25, -0.2) is 0 Å². The molecule has 0 spiro atoms. The van der Waals surface area contributed by atoms with Crippen molar-refractivity contribution in [3.8, 4) is 0 Å². The standard InChI is InChI=1S/C15H23N3O4/c1-16(2)8-9-17(10-11-22-3)15(19)12-13-4-6-14(7-5-13)18(20)21/h4-7H,8-12H2,1-3H3. The van der Waals surface area contributed by atoms with Crippen LogP contribution >= 0.6 is 0 Å². The lowest BCUT2D eigenvalue weighted by molar-refractivity contribution is -0.384. The Morgan fingerprint density at radius 1 is 1.18 bits per heavy atom. The van der Waals surface area contributed by atoms with Crippen molar-refractivity contribution < 1.29 is 14.5 Å². The van der Waals surface area contributed by atoms with E-state index in [9.17, 15) is 14.9 Å². The van der Waals surface area contributed by atoms with Gasteiger partial charge in [-0.05, 0) is 19.7 Å². The summed E-state index contributed by atoms with van der Waals surface area (Å²) in [5.74, 6) is -0.00671. The fraction of sp³-hybridized carbons (Fsp3) is 0.533. The molecule has 0 heterocycles. The molecule has 0 fully saturated rings. The monoisotopic (exact) mass is 309 g/mol. The van der Waals surface area contributed by atoms with Gasteiger partial charge in [0.1, 0.15) is 0 Å². The molecule has 1 rings (SSSR count). The van der Waals surface area contributed by atoms with E-state index in [2.05, 4.69) is 0 Å². The van der Waals surface area contributed by atoms with E-state index >= 15 is 0 Å². The molecule has 0 radical (unpaired) electrons. The van der Waals surface area contributed by atoms with Crippen molar-refractivity contribution in [3.05, 3.63) is 39.9 Å². The second-order valence-corrected chi connectivity index (χ2v) is 5.28. The lowest BCUT2D eigenvalue weighted by atomic mass is 10.1. The van der Waals surface area contributed by atoms with Crippen LogP contribution < -0.4 is 0 Å². The summed E-state index contributed by atoms with van der Waals surface area (Å²) in [6, 6.07) is 6.08. The van der Waals surface area contributed by atoms with E-state index in [0.717, 1.165) is 12.1 Å². The third kappa shape index (κ3) is 6.19. The van der Waals surface area contributed by atoms with Crippen LogP contribution in [0.1, 0.15) is 5.56 Å². The van der Waals surface area contributed by atoms with Crippen LogP contribution in [0.4, 0.5) is 5.69 Å². The van der Waals surface area contributed by atoms with E-state index in [4.69, 9.17) is 4.74 Å². The average molecular weight is 309 g/mol. The van der Waals surface area contributed by atoms with Crippen molar-refractivity contribution in [1.82, 2.24) is 9.80 Å². The van der Waals surface area contributed by atoms with Gasteiger partial charge in [0, 0.05) is 38.9 Å². The van der Waals surface area contributed by atoms with Crippen LogP contribution in [0.25, 0.3) is 0 Å². The average Bonchev–Trinajstić information content (AvgIpc) is 2.47. The summed E-state index contributed by atoms with van der Waals surface area (Å²) < 4.78 is 5.04. The highest BCUT2D eigenvalue weighted by atomic mass is 16.6. The van der Waals surface area contributed by atoms with Gasteiger partial charge < -0.3 is 14.5 Å². The number of nitrogens with zero attached hydrogens (tertiary/aromatic N) is 3. The normalized spacial score (nSPS) is 10.7. The number of hydrogen-bond donors (Lipinski definition) is 0. The van der Waals surface area contributed by atoms with E-state index in [1.807, 2.05) is 19.0 Å². The fourth-order valence-electron chi connectivity index (χ4n) is 1.91. The molecule has 0 N–H and O–H groups in total. The Bertz CT molecular complexity index is 488. The molecule has 0 aliphatic heterocycles. The molecule has 0 unspecified atom stereocenters. The molecule has 0 aliphatic carbocycles. The summed E-state index contributed by atoms with van der Waals surface area (Å²) in [7, 11) is 5.51. The van der Waals surface area contributed by atoms with E-state index < -0.39 is 4.92 Å². The third-order valence-electron chi connectivity index (χ3n) is 3.24. The Balaban J connectivity index is 2.65. The Kier molecular flexibility index (Phi) is 7.48. The number of hydrogen-bond acceptors (Lipinski definition) is 5. The first-order chi connectivity index (χ1) is 10.4. The zero-order chi connectivity index (χ0) is 16.5. The SMILES string of the molecule is COCCN(CCN(C)C)C(=O)Cc1ccc([N+](=O)[O-])cc1. The number of likely N-dealkylation sites (N-methyl/N-ethyl adjacent to an activating group) is 1. The van der Waals surface area contributed by atoms with Gasteiger partial charge in [-0.3, -0.25) is 14.9 Å². The molecule has 0 atom stereocenters. The van der Waals surface area contributed by atoms with E-state index in [-0.39, 0.29) is 18.0 Å². The van der Waals surface area contributed by atoms with Crippen molar-refractivity contribution in [2.24, 2.45) is 0 Å². The molecule has 0 aliphatic rings. The second kappa shape index (κ2) is 9.11. The van der Waals surface area contributed by atoms with Crippen LogP contribution in [0.2, 0.25) is 0 Å². The fourth-order valence-corrected chi connectivity index (χ4v) is 1.91. The Hall–Kier alpha value is -1.99. The maximum absolute atomic E-state index is 12.4. The minimum absolute atomic E-state index is 0.00671. The first kappa shape index (κ1) is 18.1. The summed E-state index contributed by atoms with van der Waals surface area (Å²) in [5.41, 5.74) is 0.794. The number of amides is 1. The zero-order valence-corrected chi connectivity index (χ0v) is 13.3. The van der Waals surface area contributed by atoms with Gasteiger partial charge in [0.2, 0.25) is 5.91 Å². The van der Waals surface area contributed by atoms with Crippen LogP contribution in [0.3, 0.4) is 0 Å². The molecule has 1 amide bonds. The molecular weight excluding hydrogens is 286 g/mol. The van der Waals surface area contributed by atoms with Gasteiger partial charge in [-0.2, -0.15) is 0 Å². The minimum Gasteiger partial charge on any atom is -0.383 e. The second-order valence-electron chi connectivity index (χ2n) is 5.28. The van der Waals surface area contributed by atoms with Crippen LogP contribution in [-0.4, -0.2) is 68.1 Å². The summed E-state index contributed by atoms with van der Waals surface area (Å²) in [5, 5.41) is 10.6. The van der Waals surface area contributed by atoms with Gasteiger partial charge in [0.25, 0.3) is 5.69 Å². The molecule has 0 saturated heterocycles. The summed E-state index contributed by atoms with van der Waals surface area (Å²) in [6.07, 6.45) is 0.231. The number of benzene rings is 1. The number of carbonyl (C=O) groups excluding carboxylic acids is 1. The number of methoxy groups -OCH3 is 1. The molecule has 1 aromatic carbocycles. The van der Waals surface area contributed by atoms with Crippen LogP contribution in [0, 0.1) is 10.1 Å².